The molecule has 6 nitrogen and oxygen atoms in total. The molecule has 1 unspecified atom stereocenters. The van der Waals surface area contributed by atoms with Crippen molar-refractivity contribution in [3.05, 3.63) is 80.9 Å². The number of rotatable bonds is 6. The van der Waals surface area contributed by atoms with Crippen LogP contribution in [0, 0.1) is 13.8 Å². The van der Waals surface area contributed by atoms with Gasteiger partial charge in [-0.3, -0.25) is 0 Å². The molecule has 0 saturated carbocycles. The van der Waals surface area contributed by atoms with E-state index in [1.165, 1.54) is 5.56 Å². The third kappa shape index (κ3) is 5.07. The minimum Gasteiger partial charge on any atom is -0.456 e. The Labute approximate surface area is 207 Å². The average Bonchev–Trinajstić information content (AvgIpc) is 3.34. The molecular formula is C29H36N2O4. The number of benzene rings is 1. The summed E-state index contributed by atoms with van der Waals surface area (Å²) in [6.45, 7) is 11.9. The highest BCUT2D eigenvalue weighted by Crippen LogP contribution is 2.41. The first-order chi connectivity index (χ1) is 16.6. The first-order valence-electron chi connectivity index (χ1n) is 12.5. The van der Waals surface area contributed by atoms with Crippen LogP contribution >= 0.6 is 0 Å². The van der Waals surface area contributed by atoms with Gasteiger partial charge in [-0.25, -0.2) is 9.59 Å². The van der Waals surface area contributed by atoms with Gasteiger partial charge in [0.05, 0.1) is 0 Å². The fourth-order valence-electron chi connectivity index (χ4n) is 5.13. The second-order valence-corrected chi connectivity index (χ2v) is 10.4. The van der Waals surface area contributed by atoms with E-state index in [1.807, 2.05) is 65.0 Å². The zero-order chi connectivity index (χ0) is 25.3. The Balaban J connectivity index is 1.65. The van der Waals surface area contributed by atoms with E-state index in [0.717, 1.165) is 59.3 Å². The number of hydrogen-bond acceptors (Lipinski definition) is 4. The summed E-state index contributed by atoms with van der Waals surface area (Å²) < 4.78 is 11.3. The maximum absolute atomic E-state index is 13.0. The smallest absolute Gasteiger partial charge is 0.355 e. The van der Waals surface area contributed by atoms with Gasteiger partial charge in [-0.05, 0) is 88.1 Å². The molecule has 0 aliphatic heterocycles. The summed E-state index contributed by atoms with van der Waals surface area (Å²) in [5, 5.41) is 0. The Morgan fingerprint density at radius 1 is 0.971 bits per heavy atom. The van der Waals surface area contributed by atoms with Gasteiger partial charge in [-0.15, -0.1) is 0 Å². The number of fused-ring (bicyclic) bond motifs is 1. The number of ether oxygens (including phenoxy) is 2. The van der Waals surface area contributed by atoms with Crippen LogP contribution in [-0.2, 0) is 28.9 Å². The zero-order valence-corrected chi connectivity index (χ0v) is 21.6. The number of H-pyrrole nitrogens is 2. The van der Waals surface area contributed by atoms with E-state index in [9.17, 15) is 9.59 Å². The Kier molecular flexibility index (Phi) is 6.93. The maximum atomic E-state index is 13.0. The molecule has 2 aromatic heterocycles. The summed E-state index contributed by atoms with van der Waals surface area (Å²) in [7, 11) is 0. The van der Waals surface area contributed by atoms with Crippen LogP contribution in [-0.4, -0.2) is 27.5 Å². The average molecular weight is 477 g/mol. The number of nitrogens with one attached hydrogen (secondary N) is 2. The number of hydrogen-bond donors (Lipinski definition) is 2. The molecule has 35 heavy (non-hydrogen) atoms. The van der Waals surface area contributed by atoms with Gasteiger partial charge in [0.15, 0.2) is 0 Å². The van der Waals surface area contributed by atoms with Crippen LogP contribution in [0.1, 0.15) is 107 Å². The summed E-state index contributed by atoms with van der Waals surface area (Å²) in [5.41, 5.74) is 7.73. The first-order valence-corrected chi connectivity index (χ1v) is 12.5. The monoisotopic (exact) mass is 476 g/mol. The van der Waals surface area contributed by atoms with Crippen molar-refractivity contribution in [1.29, 1.82) is 0 Å². The van der Waals surface area contributed by atoms with E-state index in [0.29, 0.717) is 11.4 Å². The standard InChI is InChI=1S/C29H36N2O4/c1-7-20-17(2)24(28(33)35-29(4,5)6)31-25(20)22-15-11-14-21-18(3)23(30-26(21)22)27(32)34-16-19-12-9-8-10-13-19/h8-10,12-13,22,30-31H,7,11,14-16H2,1-6H3. The van der Waals surface area contributed by atoms with E-state index in [4.69, 9.17) is 9.47 Å². The van der Waals surface area contributed by atoms with Crippen molar-refractivity contribution < 1.29 is 19.1 Å². The summed E-state index contributed by atoms with van der Waals surface area (Å²) in [6, 6.07) is 9.69. The lowest BCUT2D eigenvalue weighted by atomic mass is 9.82. The van der Waals surface area contributed by atoms with Gasteiger partial charge in [0.1, 0.15) is 23.6 Å². The van der Waals surface area contributed by atoms with Gasteiger partial charge in [0.25, 0.3) is 0 Å². The molecule has 186 valence electrons. The van der Waals surface area contributed by atoms with Crippen LogP contribution in [0.5, 0.6) is 0 Å². The predicted octanol–water partition coefficient (Wildman–Crippen LogP) is 6.30. The van der Waals surface area contributed by atoms with Crippen molar-refractivity contribution in [2.24, 2.45) is 0 Å². The lowest BCUT2D eigenvalue weighted by Gasteiger charge is -2.23. The molecule has 0 fully saturated rings. The van der Waals surface area contributed by atoms with Gasteiger partial charge in [0, 0.05) is 17.3 Å². The molecule has 0 saturated heterocycles. The van der Waals surface area contributed by atoms with Crippen molar-refractivity contribution in [3.8, 4) is 0 Å². The van der Waals surface area contributed by atoms with E-state index in [-0.39, 0.29) is 24.5 Å². The molecule has 6 heteroatoms. The fraction of sp³-hybridized carbons (Fsp3) is 0.448. The van der Waals surface area contributed by atoms with Crippen LogP contribution in [0.2, 0.25) is 0 Å². The Morgan fingerprint density at radius 3 is 2.29 bits per heavy atom. The SMILES string of the molecule is CCc1c(C2CCCc3c2[nH]c(C(=O)OCc2ccccc2)c3C)[nH]c(C(=O)OC(C)(C)C)c1C. The molecule has 0 spiro atoms. The molecule has 1 aliphatic rings. The minimum atomic E-state index is -0.565. The van der Waals surface area contributed by atoms with Gasteiger partial charge in [0.2, 0.25) is 0 Å². The van der Waals surface area contributed by atoms with E-state index >= 15 is 0 Å². The van der Waals surface area contributed by atoms with Gasteiger partial charge in [-0.1, -0.05) is 37.3 Å². The summed E-state index contributed by atoms with van der Waals surface area (Å²) in [5.74, 6) is -0.620. The molecular weight excluding hydrogens is 440 g/mol. The molecule has 1 atom stereocenters. The largest absolute Gasteiger partial charge is 0.456 e. The second-order valence-electron chi connectivity index (χ2n) is 10.4. The van der Waals surface area contributed by atoms with Crippen LogP contribution < -0.4 is 0 Å². The highest BCUT2D eigenvalue weighted by atomic mass is 16.6. The Morgan fingerprint density at radius 2 is 1.63 bits per heavy atom. The summed E-state index contributed by atoms with van der Waals surface area (Å²) >= 11 is 0. The Bertz CT molecular complexity index is 1230. The van der Waals surface area contributed by atoms with Crippen molar-refractivity contribution >= 4 is 11.9 Å². The molecule has 0 bridgehead atoms. The molecule has 1 aliphatic carbocycles. The number of carbonyl (C=O) groups is 2. The van der Waals surface area contributed by atoms with E-state index < -0.39 is 5.60 Å². The van der Waals surface area contributed by atoms with E-state index in [1.54, 1.807) is 0 Å². The van der Waals surface area contributed by atoms with Crippen LogP contribution in [0.4, 0.5) is 0 Å². The molecule has 0 radical (unpaired) electrons. The summed E-state index contributed by atoms with van der Waals surface area (Å²) in [4.78, 5) is 32.7. The van der Waals surface area contributed by atoms with Gasteiger partial charge < -0.3 is 19.4 Å². The van der Waals surface area contributed by atoms with Crippen LogP contribution in [0.15, 0.2) is 30.3 Å². The van der Waals surface area contributed by atoms with Gasteiger partial charge in [-0.2, -0.15) is 0 Å². The van der Waals surface area contributed by atoms with Crippen molar-refractivity contribution in [3.63, 3.8) is 0 Å². The third-order valence-electron chi connectivity index (χ3n) is 6.81. The van der Waals surface area contributed by atoms with Crippen molar-refractivity contribution in [1.82, 2.24) is 9.97 Å². The molecule has 3 aromatic rings. The number of aromatic nitrogens is 2. The second kappa shape index (κ2) is 9.76. The molecule has 1 aromatic carbocycles. The first kappa shape index (κ1) is 24.8. The highest BCUT2D eigenvalue weighted by molar-refractivity contribution is 5.91. The summed E-state index contributed by atoms with van der Waals surface area (Å²) in [6.07, 6.45) is 3.67. The number of carbonyl (C=O) groups excluding carboxylic acids is 2. The van der Waals surface area contributed by atoms with E-state index in [2.05, 4.69) is 16.9 Å². The zero-order valence-electron chi connectivity index (χ0n) is 21.6. The number of esters is 2. The van der Waals surface area contributed by atoms with Crippen molar-refractivity contribution in [2.75, 3.05) is 0 Å². The number of aromatic amines is 2. The molecule has 2 heterocycles. The molecule has 4 rings (SSSR count). The quantitative estimate of drug-likeness (QED) is 0.409. The van der Waals surface area contributed by atoms with Gasteiger partial charge >= 0.3 is 11.9 Å². The maximum Gasteiger partial charge on any atom is 0.355 e. The highest BCUT2D eigenvalue weighted by Gasteiger charge is 2.33. The molecule has 2 N–H and O–H groups in total. The lowest BCUT2D eigenvalue weighted by Crippen LogP contribution is -2.24. The van der Waals surface area contributed by atoms with Crippen molar-refractivity contribution in [2.45, 2.75) is 85.4 Å². The predicted molar refractivity (Wildman–Crippen MR) is 136 cm³/mol. The normalized spacial score (nSPS) is 15.5. The fourth-order valence-corrected chi connectivity index (χ4v) is 5.13. The van der Waals surface area contributed by atoms with Crippen LogP contribution in [0.25, 0.3) is 0 Å². The Hall–Kier alpha value is -3.28. The van der Waals surface area contributed by atoms with Crippen LogP contribution in [0.3, 0.4) is 0 Å². The third-order valence-corrected chi connectivity index (χ3v) is 6.81. The topological polar surface area (TPSA) is 84.2 Å². The lowest BCUT2D eigenvalue weighted by molar-refractivity contribution is 0.00622. The molecule has 0 amide bonds. The minimum absolute atomic E-state index is 0.0537.